The average molecular weight is 355 g/mol. The van der Waals surface area contributed by atoms with Gasteiger partial charge in [0.25, 0.3) is 5.91 Å². The summed E-state index contributed by atoms with van der Waals surface area (Å²) in [5, 5.41) is 6.38. The summed E-state index contributed by atoms with van der Waals surface area (Å²) in [5.74, 6) is 0.620. The second-order valence-electron chi connectivity index (χ2n) is 5.09. The van der Waals surface area contributed by atoms with Gasteiger partial charge in [0.2, 0.25) is 5.95 Å². The molecule has 6 nitrogen and oxygen atoms in total. The molecule has 0 fully saturated rings. The summed E-state index contributed by atoms with van der Waals surface area (Å²) in [6.45, 7) is 0. The molecule has 0 atom stereocenters. The predicted molar refractivity (Wildman–Crippen MR) is 97.7 cm³/mol. The highest BCUT2D eigenvalue weighted by Crippen LogP contribution is 2.19. The van der Waals surface area contributed by atoms with Crippen LogP contribution < -0.4 is 15.4 Å². The molecule has 3 rings (SSSR count). The molecule has 0 aliphatic rings. The van der Waals surface area contributed by atoms with Crippen LogP contribution in [0.5, 0.6) is 5.75 Å². The van der Waals surface area contributed by atoms with Crippen molar-refractivity contribution in [2.24, 2.45) is 0 Å². The SMILES string of the molecule is COc1cccc(NC(=O)c2ccnc(Nc3cccc(Cl)c3)n2)c1. The van der Waals surface area contributed by atoms with Crippen molar-refractivity contribution >= 4 is 34.8 Å². The van der Waals surface area contributed by atoms with E-state index in [0.717, 1.165) is 5.69 Å². The Kier molecular flexibility index (Phi) is 5.11. The third-order valence-corrected chi connectivity index (χ3v) is 3.53. The first kappa shape index (κ1) is 16.7. The number of nitrogens with one attached hydrogen (secondary N) is 2. The first-order valence-electron chi connectivity index (χ1n) is 7.45. The monoisotopic (exact) mass is 354 g/mol. The van der Waals surface area contributed by atoms with Crippen LogP contribution in [0, 0.1) is 0 Å². The number of carbonyl (C=O) groups is 1. The summed E-state index contributed by atoms with van der Waals surface area (Å²) in [6, 6.07) is 15.8. The van der Waals surface area contributed by atoms with Gasteiger partial charge in [-0.25, -0.2) is 9.97 Å². The van der Waals surface area contributed by atoms with E-state index in [1.54, 1.807) is 49.6 Å². The molecular weight excluding hydrogens is 340 g/mol. The number of hydrogen-bond acceptors (Lipinski definition) is 5. The average Bonchev–Trinajstić information content (AvgIpc) is 2.62. The van der Waals surface area contributed by atoms with Gasteiger partial charge in [0.05, 0.1) is 7.11 Å². The number of anilines is 3. The fraction of sp³-hybridized carbons (Fsp3) is 0.0556. The van der Waals surface area contributed by atoms with Gasteiger partial charge in [0, 0.05) is 28.7 Å². The fourth-order valence-corrected chi connectivity index (χ4v) is 2.33. The molecule has 0 bridgehead atoms. The van der Waals surface area contributed by atoms with E-state index in [0.29, 0.717) is 22.4 Å². The van der Waals surface area contributed by atoms with Crippen LogP contribution in [0.1, 0.15) is 10.5 Å². The predicted octanol–water partition coefficient (Wildman–Crippen LogP) is 4.13. The molecule has 0 aliphatic heterocycles. The number of carbonyl (C=O) groups excluding carboxylic acids is 1. The maximum Gasteiger partial charge on any atom is 0.274 e. The standard InChI is InChI=1S/C18H15ClN4O2/c1-25-15-7-3-6-14(11-15)21-17(24)16-8-9-20-18(23-16)22-13-5-2-4-12(19)10-13/h2-11H,1H3,(H,21,24)(H,20,22,23). The molecular formula is C18H15ClN4O2. The highest BCUT2D eigenvalue weighted by molar-refractivity contribution is 6.30. The molecule has 1 heterocycles. The number of hydrogen-bond donors (Lipinski definition) is 2. The molecule has 2 aromatic carbocycles. The van der Waals surface area contributed by atoms with Crippen molar-refractivity contribution in [2.45, 2.75) is 0 Å². The van der Waals surface area contributed by atoms with E-state index < -0.39 is 0 Å². The largest absolute Gasteiger partial charge is 0.497 e. The Balaban J connectivity index is 1.75. The third-order valence-electron chi connectivity index (χ3n) is 3.30. The maximum atomic E-state index is 12.4. The Hall–Kier alpha value is -3.12. The molecule has 1 amide bonds. The van der Waals surface area contributed by atoms with Crippen LogP contribution in [0.2, 0.25) is 5.02 Å². The van der Waals surface area contributed by atoms with E-state index in [2.05, 4.69) is 20.6 Å². The topological polar surface area (TPSA) is 76.1 Å². The number of amides is 1. The summed E-state index contributed by atoms with van der Waals surface area (Å²) >= 11 is 5.95. The van der Waals surface area contributed by atoms with Crippen molar-refractivity contribution in [1.29, 1.82) is 0 Å². The second-order valence-corrected chi connectivity index (χ2v) is 5.52. The Labute approximate surface area is 149 Å². The molecule has 0 aliphatic carbocycles. The zero-order valence-corrected chi connectivity index (χ0v) is 14.1. The fourth-order valence-electron chi connectivity index (χ4n) is 2.14. The molecule has 0 radical (unpaired) electrons. The first-order chi connectivity index (χ1) is 12.1. The van der Waals surface area contributed by atoms with Gasteiger partial charge in [-0.3, -0.25) is 4.79 Å². The summed E-state index contributed by atoms with van der Waals surface area (Å²) < 4.78 is 5.14. The van der Waals surface area contributed by atoms with Crippen molar-refractivity contribution in [2.75, 3.05) is 17.7 Å². The summed E-state index contributed by atoms with van der Waals surface area (Å²) in [7, 11) is 1.57. The molecule has 2 N–H and O–H groups in total. The van der Waals surface area contributed by atoms with E-state index in [9.17, 15) is 4.79 Å². The summed E-state index contributed by atoms with van der Waals surface area (Å²) in [4.78, 5) is 20.7. The van der Waals surface area contributed by atoms with Crippen LogP contribution in [0.25, 0.3) is 0 Å². The molecule has 25 heavy (non-hydrogen) atoms. The van der Waals surface area contributed by atoms with E-state index in [4.69, 9.17) is 16.3 Å². The van der Waals surface area contributed by atoms with Crippen molar-refractivity contribution in [3.8, 4) is 5.75 Å². The number of methoxy groups -OCH3 is 1. The quantitative estimate of drug-likeness (QED) is 0.720. The van der Waals surface area contributed by atoms with Crippen LogP contribution in [0.4, 0.5) is 17.3 Å². The van der Waals surface area contributed by atoms with E-state index in [1.807, 2.05) is 12.1 Å². The Bertz CT molecular complexity index is 902. The van der Waals surface area contributed by atoms with Gasteiger partial charge in [-0.15, -0.1) is 0 Å². The minimum absolute atomic E-state index is 0.238. The Morgan fingerprint density at radius 1 is 1.08 bits per heavy atom. The Morgan fingerprint density at radius 2 is 1.88 bits per heavy atom. The summed E-state index contributed by atoms with van der Waals surface area (Å²) in [5.41, 5.74) is 1.59. The number of nitrogens with zero attached hydrogens (tertiary/aromatic N) is 2. The second kappa shape index (κ2) is 7.63. The molecule has 0 saturated carbocycles. The lowest BCUT2D eigenvalue weighted by Crippen LogP contribution is -2.14. The lowest BCUT2D eigenvalue weighted by molar-refractivity contribution is 0.102. The van der Waals surface area contributed by atoms with Crippen LogP contribution >= 0.6 is 11.6 Å². The molecule has 126 valence electrons. The summed E-state index contributed by atoms with van der Waals surface area (Å²) in [6.07, 6.45) is 1.51. The lowest BCUT2D eigenvalue weighted by Gasteiger charge is -2.08. The molecule has 0 saturated heterocycles. The molecule has 0 unspecified atom stereocenters. The van der Waals surface area contributed by atoms with Gasteiger partial charge in [0.1, 0.15) is 11.4 Å². The van der Waals surface area contributed by atoms with Gasteiger partial charge in [-0.1, -0.05) is 23.7 Å². The Morgan fingerprint density at radius 3 is 2.68 bits per heavy atom. The van der Waals surface area contributed by atoms with E-state index in [1.165, 1.54) is 6.20 Å². The van der Waals surface area contributed by atoms with Crippen molar-refractivity contribution in [3.63, 3.8) is 0 Å². The molecule has 3 aromatic rings. The van der Waals surface area contributed by atoms with Crippen LogP contribution in [0.15, 0.2) is 60.8 Å². The smallest absolute Gasteiger partial charge is 0.274 e. The zero-order valence-electron chi connectivity index (χ0n) is 13.4. The van der Waals surface area contributed by atoms with Crippen LogP contribution in [-0.4, -0.2) is 23.0 Å². The minimum atomic E-state index is -0.343. The van der Waals surface area contributed by atoms with Crippen molar-refractivity contribution in [1.82, 2.24) is 9.97 Å². The normalized spacial score (nSPS) is 10.2. The number of benzene rings is 2. The van der Waals surface area contributed by atoms with Crippen molar-refractivity contribution < 1.29 is 9.53 Å². The van der Waals surface area contributed by atoms with Gasteiger partial charge < -0.3 is 15.4 Å². The maximum absolute atomic E-state index is 12.4. The van der Waals surface area contributed by atoms with Gasteiger partial charge in [-0.05, 0) is 36.4 Å². The number of halogens is 1. The van der Waals surface area contributed by atoms with Crippen LogP contribution in [-0.2, 0) is 0 Å². The zero-order chi connectivity index (χ0) is 17.6. The number of rotatable bonds is 5. The van der Waals surface area contributed by atoms with Crippen LogP contribution in [0.3, 0.4) is 0 Å². The highest BCUT2D eigenvalue weighted by Gasteiger charge is 2.10. The lowest BCUT2D eigenvalue weighted by atomic mass is 10.3. The highest BCUT2D eigenvalue weighted by atomic mass is 35.5. The van der Waals surface area contributed by atoms with E-state index in [-0.39, 0.29) is 11.6 Å². The van der Waals surface area contributed by atoms with Gasteiger partial charge in [-0.2, -0.15) is 0 Å². The third kappa shape index (κ3) is 4.45. The van der Waals surface area contributed by atoms with Gasteiger partial charge >= 0.3 is 0 Å². The number of ether oxygens (including phenoxy) is 1. The molecule has 7 heteroatoms. The van der Waals surface area contributed by atoms with Crippen molar-refractivity contribution in [3.05, 3.63) is 71.5 Å². The van der Waals surface area contributed by atoms with E-state index >= 15 is 0 Å². The minimum Gasteiger partial charge on any atom is -0.497 e. The first-order valence-corrected chi connectivity index (χ1v) is 7.83. The molecule has 0 spiro atoms. The number of aromatic nitrogens is 2. The van der Waals surface area contributed by atoms with Gasteiger partial charge in [0.15, 0.2) is 0 Å². The molecule has 1 aromatic heterocycles.